The first kappa shape index (κ1) is 16.6. The standard InChI is InChI=1S/C13H14F5NO/c1-2-5-19(8-13(16,17)18)7-12(20)10-4-3-9(14)6-11(10)15/h3-4,6H,2,5,7-8H2,1H3. The summed E-state index contributed by atoms with van der Waals surface area (Å²) in [5, 5.41) is 0. The smallest absolute Gasteiger partial charge is 0.293 e. The van der Waals surface area contributed by atoms with Crippen LogP contribution in [0.4, 0.5) is 22.0 Å². The zero-order valence-electron chi connectivity index (χ0n) is 10.8. The van der Waals surface area contributed by atoms with Crippen LogP contribution in [0.5, 0.6) is 0 Å². The van der Waals surface area contributed by atoms with Crippen LogP contribution in [0.1, 0.15) is 23.7 Å². The van der Waals surface area contributed by atoms with Crippen molar-refractivity contribution in [3.8, 4) is 0 Å². The first-order valence-corrected chi connectivity index (χ1v) is 6.00. The van der Waals surface area contributed by atoms with Gasteiger partial charge in [-0.05, 0) is 25.1 Å². The highest BCUT2D eigenvalue weighted by Gasteiger charge is 2.31. The Bertz CT molecular complexity index is 472. The van der Waals surface area contributed by atoms with Gasteiger partial charge in [-0.15, -0.1) is 0 Å². The van der Waals surface area contributed by atoms with Crippen LogP contribution in [0.25, 0.3) is 0 Å². The van der Waals surface area contributed by atoms with Gasteiger partial charge in [0.05, 0.1) is 18.7 Å². The maximum atomic E-state index is 13.4. The second kappa shape index (κ2) is 6.78. The number of ketones is 1. The van der Waals surface area contributed by atoms with Gasteiger partial charge in [0.1, 0.15) is 11.6 Å². The fraction of sp³-hybridized carbons (Fsp3) is 0.462. The molecule has 0 N–H and O–H groups in total. The van der Waals surface area contributed by atoms with Gasteiger partial charge in [0.15, 0.2) is 5.78 Å². The molecule has 20 heavy (non-hydrogen) atoms. The van der Waals surface area contributed by atoms with Crippen LogP contribution < -0.4 is 0 Å². The fourth-order valence-corrected chi connectivity index (χ4v) is 1.79. The van der Waals surface area contributed by atoms with Gasteiger partial charge in [0.2, 0.25) is 0 Å². The summed E-state index contributed by atoms with van der Waals surface area (Å²) in [6.07, 6.45) is -4.01. The molecule has 1 aromatic carbocycles. The van der Waals surface area contributed by atoms with E-state index in [-0.39, 0.29) is 6.54 Å². The molecule has 0 unspecified atom stereocenters. The van der Waals surface area contributed by atoms with E-state index in [0.717, 1.165) is 17.0 Å². The monoisotopic (exact) mass is 295 g/mol. The van der Waals surface area contributed by atoms with E-state index in [2.05, 4.69) is 0 Å². The van der Waals surface area contributed by atoms with Crippen molar-refractivity contribution in [3.63, 3.8) is 0 Å². The Morgan fingerprint density at radius 1 is 1.25 bits per heavy atom. The van der Waals surface area contributed by atoms with Crippen molar-refractivity contribution in [3.05, 3.63) is 35.4 Å². The lowest BCUT2D eigenvalue weighted by atomic mass is 10.1. The minimum atomic E-state index is -4.43. The van der Waals surface area contributed by atoms with E-state index in [1.807, 2.05) is 0 Å². The van der Waals surface area contributed by atoms with Crippen LogP contribution in [0.15, 0.2) is 18.2 Å². The van der Waals surface area contributed by atoms with Crippen molar-refractivity contribution in [2.45, 2.75) is 19.5 Å². The van der Waals surface area contributed by atoms with Crippen molar-refractivity contribution in [2.24, 2.45) is 0 Å². The molecule has 0 heterocycles. The third-order valence-electron chi connectivity index (χ3n) is 2.54. The molecule has 0 saturated heterocycles. The van der Waals surface area contributed by atoms with E-state index < -0.39 is 42.2 Å². The summed E-state index contributed by atoms with van der Waals surface area (Å²) in [4.78, 5) is 12.7. The predicted octanol–water partition coefficient (Wildman–Crippen LogP) is 3.42. The number of nitrogens with zero attached hydrogens (tertiary/aromatic N) is 1. The lowest BCUT2D eigenvalue weighted by Crippen LogP contribution is -2.38. The quantitative estimate of drug-likeness (QED) is 0.592. The molecule has 0 radical (unpaired) electrons. The maximum Gasteiger partial charge on any atom is 0.401 e. The normalized spacial score (nSPS) is 11.9. The minimum absolute atomic E-state index is 0.0636. The number of rotatable bonds is 6. The molecule has 0 aliphatic heterocycles. The Morgan fingerprint density at radius 2 is 1.90 bits per heavy atom. The molecular formula is C13H14F5NO. The van der Waals surface area contributed by atoms with Crippen LogP contribution in [0.3, 0.4) is 0 Å². The summed E-state index contributed by atoms with van der Waals surface area (Å²) < 4.78 is 63.1. The summed E-state index contributed by atoms with van der Waals surface area (Å²) in [6, 6.07) is 2.36. The summed E-state index contributed by atoms with van der Waals surface area (Å²) in [5.41, 5.74) is -0.408. The molecule has 0 amide bonds. The number of benzene rings is 1. The Morgan fingerprint density at radius 3 is 2.40 bits per heavy atom. The van der Waals surface area contributed by atoms with Gasteiger partial charge in [-0.3, -0.25) is 9.69 Å². The average molecular weight is 295 g/mol. The maximum absolute atomic E-state index is 13.4. The zero-order chi connectivity index (χ0) is 15.3. The number of carbonyl (C=O) groups excluding carboxylic acids is 1. The van der Waals surface area contributed by atoms with E-state index in [9.17, 15) is 26.7 Å². The molecule has 0 bridgehead atoms. The van der Waals surface area contributed by atoms with E-state index in [4.69, 9.17) is 0 Å². The van der Waals surface area contributed by atoms with Crippen LogP contribution in [0, 0.1) is 11.6 Å². The van der Waals surface area contributed by atoms with Crippen molar-refractivity contribution >= 4 is 5.78 Å². The first-order valence-electron chi connectivity index (χ1n) is 6.00. The highest BCUT2D eigenvalue weighted by molar-refractivity contribution is 5.97. The minimum Gasteiger partial charge on any atom is -0.293 e. The molecule has 1 rings (SSSR count). The highest BCUT2D eigenvalue weighted by Crippen LogP contribution is 2.17. The second-order valence-electron chi connectivity index (χ2n) is 4.37. The topological polar surface area (TPSA) is 20.3 Å². The van der Waals surface area contributed by atoms with Gasteiger partial charge in [-0.25, -0.2) is 8.78 Å². The number of hydrogen-bond acceptors (Lipinski definition) is 2. The van der Waals surface area contributed by atoms with E-state index in [1.54, 1.807) is 6.92 Å². The molecule has 0 atom stereocenters. The molecule has 2 nitrogen and oxygen atoms in total. The van der Waals surface area contributed by atoms with Gasteiger partial charge >= 0.3 is 6.18 Å². The Hall–Kier alpha value is -1.50. The number of hydrogen-bond donors (Lipinski definition) is 0. The number of carbonyl (C=O) groups is 1. The summed E-state index contributed by atoms with van der Waals surface area (Å²) >= 11 is 0. The predicted molar refractivity (Wildman–Crippen MR) is 63.5 cm³/mol. The van der Waals surface area contributed by atoms with Crippen LogP contribution in [-0.2, 0) is 0 Å². The zero-order valence-corrected chi connectivity index (χ0v) is 10.8. The summed E-state index contributed by atoms with van der Waals surface area (Å²) in [6.45, 7) is -0.0638. The Balaban J connectivity index is 2.79. The molecule has 7 heteroatoms. The average Bonchev–Trinajstić information content (AvgIpc) is 2.26. The fourth-order valence-electron chi connectivity index (χ4n) is 1.79. The molecule has 0 aromatic heterocycles. The first-order chi connectivity index (χ1) is 9.23. The number of Topliss-reactive ketones (excluding diaryl/α,β-unsaturated/α-hetero) is 1. The Labute approximate surface area is 113 Å². The van der Waals surface area contributed by atoms with Gasteiger partial charge in [-0.1, -0.05) is 6.92 Å². The molecular weight excluding hydrogens is 281 g/mol. The van der Waals surface area contributed by atoms with Crippen molar-refractivity contribution < 1.29 is 26.7 Å². The van der Waals surface area contributed by atoms with E-state index in [0.29, 0.717) is 12.5 Å². The molecule has 112 valence electrons. The van der Waals surface area contributed by atoms with E-state index >= 15 is 0 Å². The molecule has 0 saturated carbocycles. The second-order valence-corrected chi connectivity index (χ2v) is 4.37. The summed E-state index contributed by atoms with van der Waals surface area (Å²) in [7, 11) is 0. The lowest BCUT2D eigenvalue weighted by Gasteiger charge is -2.22. The van der Waals surface area contributed by atoms with E-state index in [1.165, 1.54) is 0 Å². The lowest BCUT2D eigenvalue weighted by molar-refractivity contribution is -0.144. The van der Waals surface area contributed by atoms with Gasteiger partial charge in [0.25, 0.3) is 0 Å². The van der Waals surface area contributed by atoms with Crippen molar-refractivity contribution in [2.75, 3.05) is 19.6 Å². The van der Waals surface area contributed by atoms with Crippen molar-refractivity contribution in [1.82, 2.24) is 4.90 Å². The third kappa shape index (κ3) is 5.24. The SMILES string of the molecule is CCCN(CC(=O)c1ccc(F)cc1F)CC(F)(F)F. The molecule has 0 aliphatic rings. The van der Waals surface area contributed by atoms with Gasteiger partial charge < -0.3 is 0 Å². The van der Waals surface area contributed by atoms with Crippen LogP contribution >= 0.6 is 0 Å². The largest absolute Gasteiger partial charge is 0.401 e. The van der Waals surface area contributed by atoms with Crippen molar-refractivity contribution in [1.29, 1.82) is 0 Å². The summed E-state index contributed by atoms with van der Waals surface area (Å²) in [5.74, 6) is -2.72. The third-order valence-corrected chi connectivity index (χ3v) is 2.54. The number of alkyl halides is 3. The van der Waals surface area contributed by atoms with Gasteiger partial charge in [-0.2, -0.15) is 13.2 Å². The van der Waals surface area contributed by atoms with Crippen LogP contribution in [0.2, 0.25) is 0 Å². The van der Waals surface area contributed by atoms with Gasteiger partial charge in [0, 0.05) is 6.07 Å². The van der Waals surface area contributed by atoms with Crippen LogP contribution in [-0.4, -0.2) is 36.5 Å². The molecule has 0 spiro atoms. The molecule has 0 aliphatic carbocycles. The Kier molecular flexibility index (Phi) is 5.62. The highest BCUT2D eigenvalue weighted by atomic mass is 19.4. The number of halogens is 5. The molecule has 1 aromatic rings. The molecule has 0 fully saturated rings.